The molecule has 8 heteroatoms. The summed E-state index contributed by atoms with van der Waals surface area (Å²) in [6.07, 6.45) is 6.52. The molecule has 1 unspecified atom stereocenters. The second-order valence-electron chi connectivity index (χ2n) is 6.22. The zero-order chi connectivity index (χ0) is 16.5. The molecule has 8 nitrogen and oxygen atoms in total. The summed E-state index contributed by atoms with van der Waals surface area (Å²) in [4.78, 5) is 30.4. The Labute approximate surface area is 138 Å². The topological polar surface area (TPSA) is 101 Å². The summed E-state index contributed by atoms with van der Waals surface area (Å²) in [6, 6.07) is -0.0776. The van der Waals surface area contributed by atoms with Crippen LogP contribution in [0.2, 0.25) is 0 Å². The number of aromatic nitrogens is 2. The van der Waals surface area contributed by atoms with Crippen molar-refractivity contribution in [2.24, 2.45) is 0 Å². The minimum absolute atomic E-state index is 0.0685. The molecule has 3 heterocycles. The van der Waals surface area contributed by atoms with Crippen LogP contribution in [0.4, 0.5) is 0 Å². The van der Waals surface area contributed by atoms with E-state index in [1.807, 2.05) is 4.90 Å². The van der Waals surface area contributed by atoms with Crippen LogP contribution >= 0.6 is 0 Å². The standard InChI is InChI=1S/C16H18N4O4/c21-15(12-8-23-9-17-12)18-10-3-4-13-11(7-10)14(19-24-13)16(22)20-5-1-2-6-20/h8-10H,1-7H2,(H,18,21). The van der Waals surface area contributed by atoms with Gasteiger partial charge in [0.2, 0.25) is 0 Å². The number of aryl methyl sites for hydroxylation is 1. The van der Waals surface area contributed by atoms with E-state index in [1.165, 1.54) is 12.7 Å². The molecular weight excluding hydrogens is 312 g/mol. The van der Waals surface area contributed by atoms with Gasteiger partial charge in [0.05, 0.1) is 0 Å². The van der Waals surface area contributed by atoms with E-state index >= 15 is 0 Å². The van der Waals surface area contributed by atoms with E-state index in [0.29, 0.717) is 18.5 Å². The van der Waals surface area contributed by atoms with Crippen LogP contribution in [0.25, 0.3) is 0 Å². The Morgan fingerprint density at radius 1 is 1.29 bits per heavy atom. The highest BCUT2D eigenvalue weighted by Gasteiger charge is 2.32. The zero-order valence-corrected chi connectivity index (χ0v) is 13.2. The van der Waals surface area contributed by atoms with Gasteiger partial charge >= 0.3 is 0 Å². The molecule has 1 atom stereocenters. The summed E-state index contributed by atoms with van der Waals surface area (Å²) in [7, 11) is 0. The van der Waals surface area contributed by atoms with Crippen molar-refractivity contribution in [3.8, 4) is 0 Å². The van der Waals surface area contributed by atoms with E-state index in [2.05, 4.69) is 15.5 Å². The number of rotatable bonds is 3. The van der Waals surface area contributed by atoms with Gasteiger partial charge in [-0.15, -0.1) is 0 Å². The largest absolute Gasteiger partial charge is 0.451 e. The predicted molar refractivity (Wildman–Crippen MR) is 81.4 cm³/mol. The summed E-state index contributed by atoms with van der Waals surface area (Å²) in [5, 5.41) is 6.93. The summed E-state index contributed by atoms with van der Waals surface area (Å²) in [5.41, 5.74) is 1.47. The molecule has 2 aliphatic rings. The van der Waals surface area contributed by atoms with Gasteiger partial charge < -0.3 is 19.2 Å². The van der Waals surface area contributed by atoms with Crippen molar-refractivity contribution >= 4 is 11.8 Å². The van der Waals surface area contributed by atoms with Gasteiger partial charge in [0.25, 0.3) is 11.8 Å². The highest BCUT2D eigenvalue weighted by Crippen LogP contribution is 2.26. The van der Waals surface area contributed by atoms with E-state index in [0.717, 1.165) is 43.7 Å². The SMILES string of the molecule is O=C(NC1CCc2onc(C(=O)N3CCCC3)c2C1)c1cocn1. The number of hydrogen-bond acceptors (Lipinski definition) is 6. The average molecular weight is 330 g/mol. The van der Waals surface area contributed by atoms with Crippen LogP contribution in [0, 0.1) is 0 Å². The Morgan fingerprint density at radius 3 is 2.88 bits per heavy atom. The fourth-order valence-electron chi connectivity index (χ4n) is 3.35. The Kier molecular flexibility index (Phi) is 3.79. The molecule has 1 fully saturated rings. The lowest BCUT2D eigenvalue weighted by atomic mass is 9.91. The molecule has 1 aliphatic heterocycles. The molecule has 1 aliphatic carbocycles. The third-order valence-electron chi connectivity index (χ3n) is 4.64. The summed E-state index contributed by atoms with van der Waals surface area (Å²) in [6.45, 7) is 1.54. The van der Waals surface area contributed by atoms with Crippen molar-refractivity contribution in [2.45, 2.75) is 38.1 Å². The van der Waals surface area contributed by atoms with Crippen LogP contribution in [0.1, 0.15) is 51.6 Å². The molecule has 4 rings (SSSR count). The number of nitrogens with one attached hydrogen (secondary N) is 1. The lowest BCUT2D eigenvalue weighted by Gasteiger charge is -2.22. The summed E-state index contributed by atoms with van der Waals surface area (Å²) >= 11 is 0. The van der Waals surface area contributed by atoms with Crippen LogP contribution in [0.15, 0.2) is 21.6 Å². The Morgan fingerprint density at radius 2 is 2.12 bits per heavy atom. The predicted octanol–water partition coefficient (Wildman–Crippen LogP) is 1.19. The molecule has 2 amide bonds. The van der Waals surface area contributed by atoms with E-state index in [9.17, 15) is 9.59 Å². The summed E-state index contributed by atoms with van der Waals surface area (Å²) in [5.74, 6) is 0.409. The first-order chi connectivity index (χ1) is 11.7. The van der Waals surface area contributed by atoms with Gasteiger partial charge in [-0.05, 0) is 25.7 Å². The number of carbonyl (C=O) groups excluding carboxylic acids is 2. The van der Waals surface area contributed by atoms with Crippen LogP contribution in [-0.4, -0.2) is 46.0 Å². The highest BCUT2D eigenvalue weighted by molar-refractivity contribution is 5.94. The Balaban J connectivity index is 1.48. The van der Waals surface area contributed by atoms with Crippen molar-refractivity contribution in [1.29, 1.82) is 0 Å². The van der Waals surface area contributed by atoms with Gasteiger partial charge in [-0.3, -0.25) is 9.59 Å². The second-order valence-corrected chi connectivity index (χ2v) is 6.22. The third-order valence-corrected chi connectivity index (χ3v) is 4.64. The number of amides is 2. The average Bonchev–Trinajstić information content (AvgIpc) is 3.33. The minimum Gasteiger partial charge on any atom is -0.451 e. The Bertz CT molecular complexity index is 746. The molecule has 2 aromatic heterocycles. The van der Waals surface area contributed by atoms with Crippen molar-refractivity contribution < 1.29 is 18.5 Å². The number of fused-ring (bicyclic) bond motifs is 1. The molecule has 1 saturated heterocycles. The van der Waals surface area contributed by atoms with Crippen LogP contribution in [-0.2, 0) is 12.8 Å². The van der Waals surface area contributed by atoms with Gasteiger partial charge in [0.15, 0.2) is 17.8 Å². The lowest BCUT2D eigenvalue weighted by molar-refractivity contribution is 0.0781. The fraction of sp³-hybridized carbons (Fsp3) is 0.500. The van der Waals surface area contributed by atoms with Crippen molar-refractivity contribution in [3.05, 3.63) is 35.4 Å². The van der Waals surface area contributed by atoms with Gasteiger partial charge in [-0.1, -0.05) is 5.16 Å². The number of hydrogen-bond donors (Lipinski definition) is 1. The first kappa shape index (κ1) is 14.9. The van der Waals surface area contributed by atoms with E-state index in [4.69, 9.17) is 8.94 Å². The first-order valence-corrected chi connectivity index (χ1v) is 8.18. The molecule has 0 radical (unpaired) electrons. The normalized spacial score (nSPS) is 20.0. The lowest BCUT2D eigenvalue weighted by Crippen LogP contribution is -2.39. The van der Waals surface area contributed by atoms with E-state index in [1.54, 1.807) is 0 Å². The van der Waals surface area contributed by atoms with Gasteiger partial charge in [0.1, 0.15) is 12.0 Å². The van der Waals surface area contributed by atoms with Crippen molar-refractivity contribution in [1.82, 2.24) is 20.4 Å². The highest BCUT2D eigenvalue weighted by atomic mass is 16.5. The minimum atomic E-state index is -0.277. The van der Waals surface area contributed by atoms with Gasteiger partial charge in [0, 0.05) is 31.1 Å². The molecule has 24 heavy (non-hydrogen) atoms. The van der Waals surface area contributed by atoms with Gasteiger partial charge in [-0.25, -0.2) is 4.98 Å². The zero-order valence-electron chi connectivity index (χ0n) is 13.2. The molecule has 126 valence electrons. The monoisotopic (exact) mass is 330 g/mol. The molecular formula is C16H18N4O4. The van der Waals surface area contributed by atoms with Gasteiger partial charge in [-0.2, -0.15) is 0 Å². The van der Waals surface area contributed by atoms with Crippen molar-refractivity contribution in [2.75, 3.05) is 13.1 Å². The maximum absolute atomic E-state index is 12.6. The van der Waals surface area contributed by atoms with Crippen LogP contribution in [0.3, 0.4) is 0 Å². The number of nitrogens with zero attached hydrogens (tertiary/aromatic N) is 3. The number of carbonyl (C=O) groups is 2. The number of likely N-dealkylation sites (tertiary alicyclic amines) is 1. The molecule has 0 aromatic carbocycles. The first-order valence-electron chi connectivity index (χ1n) is 8.18. The van der Waals surface area contributed by atoms with Crippen molar-refractivity contribution in [3.63, 3.8) is 0 Å². The van der Waals surface area contributed by atoms with E-state index in [-0.39, 0.29) is 23.6 Å². The molecule has 0 saturated carbocycles. The third kappa shape index (κ3) is 2.68. The smallest absolute Gasteiger partial charge is 0.276 e. The maximum atomic E-state index is 12.6. The maximum Gasteiger partial charge on any atom is 0.276 e. The second kappa shape index (κ2) is 6.10. The molecule has 1 N–H and O–H groups in total. The number of oxazole rings is 1. The Hall–Kier alpha value is -2.64. The molecule has 0 spiro atoms. The quantitative estimate of drug-likeness (QED) is 0.907. The van der Waals surface area contributed by atoms with E-state index < -0.39 is 0 Å². The molecule has 2 aromatic rings. The van der Waals surface area contributed by atoms with Crippen LogP contribution in [0.5, 0.6) is 0 Å². The van der Waals surface area contributed by atoms with Crippen LogP contribution < -0.4 is 5.32 Å². The molecule has 0 bridgehead atoms. The fourth-order valence-corrected chi connectivity index (χ4v) is 3.35. The summed E-state index contributed by atoms with van der Waals surface area (Å²) < 4.78 is 10.2.